The highest BCUT2D eigenvalue weighted by atomic mass is 16.5. The van der Waals surface area contributed by atoms with Gasteiger partial charge in [-0.15, -0.1) is 0 Å². The minimum atomic E-state index is -0.716. The van der Waals surface area contributed by atoms with Crippen molar-refractivity contribution < 1.29 is 28.5 Å². The van der Waals surface area contributed by atoms with Gasteiger partial charge in [0.25, 0.3) is 0 Å². The van der Waals surface area contributed by atoms with Gasteiger partial charge >= 0.3 is 0 Å². The lowest BCUT2D eigenvalue weighted by Crippen LogP contribution is -2.24. The highest BCUT2D eigenvalue weighted by Gasteiger charge is 2.26. The van der Waals surface area contributed by atoms with Crippen LogP contribution in [0.4, 0.5) is 0 Å². The molecule has 6 heteroatoms. The fraction of sp³-hybridized carbons (Fsp3) is 0.484. The molecule has 0 aliphatic rings. The number of methoxy groups -OCH3 is 2. The Morgan fingerprint density at radius 2 is 1.46 bits per heavy atom. The third-order valence-electron chi connectivity index (χ3n) is 6.33. The van der Waals surface area contributed by atoms with Gasteiger partial charge in [-0.2, -0.15) is 0 Å². The topological polar surface area (TPSA) is 71.1 Å². The van der Waals surface area contributed by atoms with Crippen molar-refractivity contribution in [3.05, 3.63) is 71.8 Å². The van der Waals surface area contributed by atoms with Crippen LogP contribution in [0.2, 0.25) is 0 Å². The van der Waals surface area contributed by atoms with Crippen LogP contribution in [-0.4, -0.2) is 38.5 Å². The van der Waals surface area contributed by atoms with Gasteiger partial charge in [0.2, 0.25) is 0 Å². The summed E-state index contributed by atoms with van der Waals surface area (Å²) in [5, 5.41) is 0. The van der Waals surface area contributed by atoms with E-state index in [0.717, 1.165) is 35.5 Å². The number of Topliss-reactive ketones (excluding diaryl/α,β-unsaturated/α-hetero) is 2. The summed E-state index contributed by atoms with van der Waals surface area (Å²) < 4.78 is 22.0. The average molecular weight is 511 g/mol. The standard InChI is InChI=1S/C31H42O6/c1-6-27(37-23-25-13-17-29(35-5)18-14-25)10-7-9-26(32)21-30(33)31(2,3)19-8-20-36-22-24-11-15-28(34-4)16-12-24/h8,11-19,27H,6-7,9-10,20-23H2,1-5H3/b19-8+. The summed E-state index contributed by atoms with van der Waals surface area (Å²) in [7, 11) is 3.28. The van der Waals surface area contributed by atoms with E-state index < -0.39 is 5.41 Å². The number of carbonyl (C=O) groups excluding carboxylic acids is 2. The third kappa shape index (κ3) is 11.3. The lowest BCUT2D eigenvalue weighted by Gasteiger charge is -2.19. The maximum Gasteiger partial charge on any atom is 0.149 e. The maximum absolute atomic E-state index is 12.7. The van der Waals surface area contributed by atoms with E-state index in [4.69, 9.17) is 18.9 Å². The molecule has 0 N–H and O–H groups in total. The molecule has 2 aromatic carbocycles. The number of allylic oxidation sites excluding steroid dienone is 1. The first-order valence-electron chi connectivity index (χ1n) is 12.9. The van der Waals surface area contributed by atoms with Crippen LogP contribution in [0.1, 0.15) is 64.0 Å². The summed E-state index contributed by atoms with van der Waals surface area (Å²) >= 11 is 0. The molecule has 6 nitrogen and oxygen atoms in total. The molecule has 0 aliphatic heterocycles. The summed E-state index contributed by atoms with van der Waals surface area (Å²) in [4.78, 5) is 25.2. The van der Waals surface area contributed by atoms with Gasteiger partial charge in [-0.05, 0) is 68.5 Å². The summed E-state index contributed by atoms with van der Waals surface area (Å²) in [5.41, 5.74) is 1.42. The quantitative estimate of drug-likeness (QED) is 0.130. The normalized spacial score (nSPS) is 12.5. The van der Waals surface area contributed by atoms with Crippen LogP contribution < -0.4 is 9.47 Å². The van der Waals surface area contributed by atoms with Gasteiger partial charge < -0.3 is 18.9 Å². The second-order valence-electron chi connectivity index (χ2n) is 9.71. The van der Waals surface area contributed by atoms with Crippen molar-refractivity contribution in [2.24, 2.45) is 5.41 Å². The zero-order valence-electron chi connectivity index (χ0n) is 23.0. The first-order chi connectivity index (χ1) is 17.8. The predicted octanol–water partition coefficient (Wildman–Crippen LogP) is 6.50. The molecule has 2 rings (SSSR count). The van der Waals surface area contributed by atoms with Gasteiger partial charge in [-0.25, -0.2) is 0 Å². The van der Waals surface area contributed by atoms with E-state index in [1.54, 1.807) is 14.2 Å². The first-order valence-corrected chi connectivity index (χ1v) is 12.9. The predicted molar refractivity (Wildman–Crippen MR) is 146 cm³/mol. The zero-order valence-corrected chi connectivity index (χ0v) is 23.0. The molecule has 0 aliphatic carbocycles. The number of hydrogen-bond donors (Lipinski definition) is 0. The number of benzene rings is 2. The number of carbonyl (C=O) groups is 2. The minimum absolute atomic E-state index is 0.0211. The fourth-order valence-electron chi connectivity index (χ4n) is 3.77. The van der Waals surface area contributed by atoms with Crippen LogP contribution in [-0.2, 0) is 32.3 Å². The highest BCUT2D eigenvalue weighted by Crippen LogP contribution is 2.22. The molecule has 37 heavy (non-hydrogen) atoms. The molecular weight excluding hydrogens is 468 g/mol. The van der Waals surface area contributed by atoms with Crippen LogP contribution >= 0.6 is 0 Å². The van der Waals surface area contributed by atoms with Crippen LogP contribution in [0.5, 0.6) is 11.5 Å². The molecule has 0 spiro atoms. The van der Waals surface area contributed by atoms with Gasteiger partial charge in [0.15, 0.2) is 0 Å². The Kier molecular flexibility index (Phi) is 13.1. The van der Waals surface area contributed by atoms with Gasteiger partial charge in [0.1, 0.15) is 23.1 Å². The smallest absolute Gasteiger partial charge is 0.149 e. The summed E-state index contributed by atoms with van der Waals surface area (Å²) in [5.74, 6) is 1.53. The molecular formula is C31H42O6. The largest absolute Gasteiger partial charge is 0.497 e. The highest BCUT2D eigenvalue weighted by molar-refractivity contribution is 6.02. The van der Waals surface area contributed by atoms with Crippen molar-refractivity contribution in [2.75, 3.05) is 20.8 Å². The molecule has 0 radical (unpaired) electrons. The van der Waals surface area contributed by atoms with Crippen LogP contribution in [0.15, 0.2) is 60.7 Å². The molecule has 0 bridgehead atoms. The lowest BCUT2D eigenvalue weighted by atomic mass is 9.84. The van der Waals surface area contributed by atoms with Crippen LogP contribution in [0.3, 0.4) is 0 Å². The third-order valence-corrected chi connectivity index (χ3v) is 6.33. The summed E-state index contributed by atoms with van der Waals surface area (Å²) in [6.07, 6.45) is 6.48. The van der Waals surface area contributed by atoms with Gasteiger partial charge in [-0.3, -0.25) is 9.59 Å². The zero-order chi connectivity index (χ0) is 27.1. The molecule has 202 valence electrons. The Morgan fingerprint density at radius 3 is 2.00 bits per heavy atom. The molecule has 0 aromatic heterocycles. The van der Waals surface area contributed by atoms with Crippen LogP contribution in [0, 0.1) is 5.41 Å². The molecule has 0 heterocycles. The second-order valence-corrected chi connectivity index (χ2v) is 9.71. The van der Waals surface area contributed by atoms with Gasteiger partial charge in [-0.1, -0.05) is 43.3 Å². The Balaban J connectivity index is 1.66. The molecule has 0 saturated carbocycles. The molecule has 0 amide bonds. The van der Waals surface area contributed by atoms with E-state index in [1.807, 2.05) is 74.5 Å². The Morgan fingerprint density at radius 1 is 0.892 bits per heavy atom. The van der Waals surface area contributed by atoms with Crippen molar-refractivity contribution >= 4 is 11.6 Å². The first kappa shape index (κ1) is 30.3. The van der Waals surface area contributed by atoms with Crippen molar-refractivity contribution in [1.29, 1.82) is 0 Å². The molecule has 1 unspecified atom stereocenters. The Bertz CT molecular complexity index is 976. The van der Waals surface area contributed by atoms with Crippen molar-refractivity contribution in [2.45, 2.75) is 72.2 Å². The van der Waals surface area contributed by atoms with E-state index in [-0.39, 0.29) is 24.1 Å². The number of ether oxygens (including phenoxy) is 4. The SMILES string of the molecule is CCC(CCCC(=O)CC(=O)C(C)(C)/C=C/COCc1ccc(OC)cc1)OCc1ccc(OC)cc1. The second kappa shape index (κ2) is 16.0. The van der Waals surface area contributed by atoms with E-state index in [2.05, 4.69) is 6.92 Å². The van der Waals surface area contributed by atoms with Gasteiger partial charge in [0, 0.05) is 11.8 Å². The average Bonchev–Trinajstić information content (AvgIpc) is 2.90. The maximum atomic E-state index is 12.7. The van der Waals surface area contributed by atoms with E-state index in [9.17, 15) is 9.59 Å². The number of rotatable bonds is 18. The summed E-state index contributed by atoms with van der Waals surface area (Å²) in [6, 6.07) is 15.5. The molecule has 0 saturated heterocycles. The Labute approximate surface area is 222 Å². The Hall–Kier alpha value is -2.96. The minimum Gasteiger partial charge on any atom is -0.497 e. The molecule has 1 atom stereocenters. The van der Waals surface area contributed by atoms with Gasteiger partial charge in [0.05, 0.1) is 46.6 Å². The van der Waals surface area contributed by atoms with E-state index in [0.29, 0.717) is 32.7 Å². The van der Waals surface area contributed by atoms with Crippen molar-refractivity contribution in [1.82, 2.24) is 0 Å². The molecule has 2 aromatic rings. The van der Waals surface area contributed by atoms with E-state index >= 15 is 0 Å². The molecule has 0 fully saturated rings. The van der Waals surface area contributed by atoms with E-state index in [1.165, 1.54) is 0 Å². The lowest BCUT2D eigenvalue weighted by molar-refractivity contribution is -0.130. The monoisotopic (exact) mass is 510 g/mol. The number of hydrogen-bond acceptors (Lipinski definition) is 6. The number of ketones is 2. The van der Waals surface area contributed by atoms with Crippen molar-refractivity contribution in [3.8, 4) is 11.5 Å². The summed E-state index contributed by atoms with van der Waals surface area (Å²) in [6.45, 7) is 7.15. The fourth-order valence-corrected chi connectivity index (χ4v) is 3.77. The van der Waals surface area contributed by atoms with Crippen LogP contribution in [0.25, 0.3) is 0 Å². The van der Waals surface area contributed by atoms with Crippen molar-refractivity contribution in [3.63, 3.8) is 0 Å².